The van der Waals surface area contributed by atoms with Gasteiger partial charge in [0, 0.05) is 23.3 Å². The Bertz CT molecular complexity index is 2820. The minimum Gasteiger partial charge on any atom is -0.457 e. The van der Waals surface area contributed by atoms with Crippen molar-refractivity contribution in [1.82, 2.24) is 9.97 Å². The highest BCUT2D eigenvalue weighted by Crippen LogP contribution is 2.57. The van der Waals surface area contributed by atoms with E-state index in [1.807, 2.05) is 18.5 Å². The van der Waals surface area contributed by atoms with Gasteiger partial charge in [-0.15, -0.1) is 0 Å². The van der Waals surface area contributed by atoms with Gasteiger partial charge in [-0.3, -0.25) is 9.97 Å². The van der Waals surface area contributed by atoms with Gasteiger partial charge in [0.1, 0.15) is 11.5 Å². The molecule has 0 aliphatic heterocycles. The van der Waals surface area contributed by atoms with Crippen molar-refractivity contribution in [1.29, 1.82) is 0 Å². The number of hydrogen-bond acceptors (Lipinski definition) is 3. The van der Waals surface area contributed by atoms with Crippen LogP contribution in [0.15, 0.2) is 152 Å². The van der Waals surface area contributed by atoms with Crippen LogP contribution in [0.4, 0.5) is 0 Å². The van der Waals surface area contributed by atoms with Gasteiger partial charge in [-0.25, -0.2) is 0 Å². The van der Waals surface area contributed by atoms with E-state index in [9.17, 15) is 0 Å². The minimum atomic E-state index is -0.691. The molecule has 2 aromatic heterocycles. The van der Waals surface area contributed by atoms with Gasteiger partial charge in [-0.2, -0.15) is 0 Å². The number of aromatic nitrogens is 2. The fraction of sp³-hybridized carbons (Fsp3) is 0.214. The Labute approximate surface area is 349 Å². The van der Waals surface area contributed by atoms with Gasteiger partial charge in [0.05, 0.1) is 16.8 Å². The molecule has 3 nitrogen and oxygen atoms in total. The number of nitrogens with zero attached hydrogens (tertiary/aromatic N) is 2. The first-order valence-electron chi connectivity index (χ1n) is 20.8. The van der Waals surface area contributed by atoms with E-state index in [2.05, 4.69) is 196 Å². The van der Waals surface area contributed by atoms with Crippen LogP contribution in [0.25, 0.3) is 44.3 Å². The van der Waals surface area contributed by atoms with Crippen LogP contribution < -0.4 is 4.74 Å². The minimum absolute atomic E-state index is 0.0446. The molecule has 0 radical (unpaired) electrons. The van der Waals surface area contributed by atoms with Crippen molar-refractivity contribution in [3.05, 3.63) is 202 Å². The van der Waals surface area contributed by atoms with Crippen molar-refractivity contribution < 1.29 is 4.74 Å². The Morgan fingerprint density at radius 1 is 0.508 bits per heavy atom. The van der Waals surface area contributed by atoms with E-state index in [4.69, 9.17) is 14.7 Å². The predicted octanol–water partition coefficient (Wildman–Crippen LogP) is 14.6. The molecule has 59 heavy (non-hydrogen) atoms. The molecule has 9 rings (SSSR count). The summed E-state index contributed by atoms with van der Waals surface area (Å²) in [5, 5.41) is 2.26. The monoisotopic (exact) mass is 768 g/mol. The number of pyridine rings is 2. The molecule has 0 unspecified atom stereocenters. The summed E-state index contributed by atoms with van der Waals surface area (Å²) in [6, 6.07) is 50.9. The lowest BCUT2D eigenvalue weighted by molar-refractivity contribution is 0.481. The molecule has 1 aliphatic rings. The van der Waals surface area contributed by atoms with Crippen LogP contribution >= 0.6 is 0 Å². The molecule has 0 spiro atoms. The molecule has 0 N–H and O–H groups in total. The van der Waals surface area contributed by atoms with E-state index < -0.39 is 5.41 Å². The average molecular weight is 769 g/mol. The SMILES string of the molecule is Cc1cc(C)c(-c2cc(Oc3cccc(C4(c5ccccn5)c5cc(C(C)(C)C)ccc5-c5ccc(C(C)(C)C)cc54)c3)cc(-c3nccc4ccccc34)c2)c(C)c1. The second kappa shape index (κ2) is 14.2. The van der Waals surface area contributed by atoms with Gasteiger partial charge in [-0.1, -0.05) is 138 Å². The lowest BCUT2D eigenvalue weighted by Gasteiger charge is -2.34. The van der Waals surface area contributed by atoms with Crippen LogP contribution in [-0.4, -0.2) is 9.97 Å². The van der Waals surface area contributed by atoms with Crippen LogP contribution in [0.5, 0.6) is 11.5 Å². The number of hydrogen-bond donors (Lipinski definition) is 0. The zero-order valence-electron chi connectivity index (χ0n) is 35.7. The number of fused-ring (bicyclic) bond motifs is 4. The first-order valence-corrected chi connectivity index (χ1v) is 20.8. The van der Waals surface area contributed by atoms with Crippen LogP contribution in [-0.2, 0) is 16.2 Å². The highest BCUT2D eigenvalue weighted by atomic mass is 16.5. The first kappa shape index (κ1) is 38.2. The van der Waals surface area contributed by atoms with E-state index in [0.29, 0.717) is 0 Å². The zero-order valence-corrected chi connectivity index (χ0v) is 35.7. The topological polar surface area (TPSA) is 35.0 Å². The van der Waals surface area contributed by atoms with Crippen molar-refractivity contribution in [2.75, 3.05) is 0 Å². The summed E-state index contributed by atoms with van der Waals surface area (Å²) in [7, 11) is 0. The summed E-state index contributed by atoms with van der Waals surface area (Å²) in [5.41, 5.74) is 16.9. The third-order valence-electron chi connectivity index (χ3n) is 12.2. The molecule has 6 aromatic carbocycles. The van der Waals surface area contributed by atoms with E-state index in [1.165, 1.54) is 55.6 Å². The fourth-order valence-corrected chi connectivity index (χ4v) is 9.43. The second-order valence-electron chi connectivity index (χ2n) is 18.5. The van der Waals surface area contributed by atoms with Crippen LogP contribution in [0.1, 0.15) is 91.7 Å². The highest BCUT2D eigenvalue weighted by Gasteiger charge is 2.48. The lowest BCUT2D eigenvalue weighted by atomic mass is 9.68. The Morgan fingerprint density at radius 3 is 1.80 bits per heavy atom. The van der Waals surface area contributed by atoms with Gasteiger partial charge in [0.15, 0.2) is 0 Å². The van der Waals surface area contributed by atoms with Gasteiger partial charge < -0.3 is 4.74 Å². The standard InChI is InChI=1S/C56H52N2O/c1-35-27-36(2)52(37(3)28-35)39-29-40(53-46-18-11-10-15-38(46)24-26-58-53)31-45(30-39)59-44-17-14-16-43(32-44)56(51-19-12-13-25-57-51)49-33-41(54(4,5)6)20-22-47(49)48-23-21-42(34-50(48)56)55(7,8)9/h10-34H,1-9H3. The second-order valence-corrected chi connectivity index (χ2v) is 18.5. The molecule has 1 aliphatic carbocycles. The lowest BCUT2D eigenvalue weighted by Crippen LogP contribution is -2.30. The summed E-state index contributed by atoms with van der Waals surface area (Å²) >= 11 is 0. The van der Waals surface area contributed by atoms with E-state index in [0.717, 1.165) is 50.3 Å². The summed E-state index contributed by atoms with van der Waals surface area (Å²) in [6.45, 7) is 20.3. The fourth-order valence-electron chi connectivity index (χ4n) is 9.43. The molecule has 0 fully saturated rings. The third-order valence-corrected chi connectivity index (χ3v) is 12.2. The van der Waals surface area contributed by atoms with Gasteiger partial charge in [0.25, 0.3) is 0 Å². The molecule has 3 heteroatoms. The predicted molar refractivity (Wildman–Crippen MR) is 246 cm³/mol. The maximum absolute atomic E-state index is 7.08. The average Bonchev–Trinajstić information content (AvgIpc) is 3.50. The maximum atomic E-state index is 7.08. The molecule has 0 saturated carbocycles. The molecule has 292 valence electrons. The number of ether oxygens (including phenoxy) is 1. The van der Waals surface area contributed by atoms with E-state index >= 15 is 0 Å². The quantitative estimate of drug-likeness (QED) is 0.169. The summed E-state index contributed by atoms with van der Waals surface area (Å²) in [4.78, 5) is 10.2. The largest absolute Gasteiger partial charge is 0.457 e. The van der Waals surface area contributed by atoms with Crippen molar-refractivity contribution in [2.24, 2.45) is 0 Å². The Balaban J connectivity index is 1.27. The summed E-state index contributed by atoms with van der Waals surface area (Å²) in [5.74, 6) is 1.52. The molecular weight excluding hydrogens is 717 g/mol. The highest BCUT2D eigenvalue weighted by molar-refractivity contribution is 5.95. The van der Waals surface area contributed by atoms with Crippen molar-refractivity contribution in [3.63, 3.8) is 0 Å². The Morgan fingerprint density at radius 2 is 1.15 bits per heavy atom. The van der Waals surface area contributed by atoms with E-state index in [1.54, 1.807) is 0 Å². The van der Waals surface area contributed by atoms with Crippen LogP contribution in [0, 0.1) is 20.8 Å². The van der Waals surface area contributed by atoms with Crippen LogP contribution in [0.3, 0.4) is 0 Å². The Kier molecular flexibility index (Phi) is 9.20. The van der Waals surface area contributed by atoms with E-state index in [-0.39, 0.29) is 10.8 Å². The molecule has 0 saturated heterocycles. The maximum Gasteiger partial charge on any atom is 0.128 e. The summed E-state index contributed by atoms with van der Waals surface area (Å²) < 4.78 is 7.08. The van der Waals surface area contributed by atoms with Crippen molar-refractivity contribution in [2.45, 2.75) is 78.6 Å². The first-order chi connectivity index (χ1) is 28.2. The smallest absolute Gasteiger partial charge is 0.128 e. The molecule has 0 atom stereocenters. The van der Waals surface area contributed by atoms with Crippen molar-refractivity contribution in [3.8, 4) is 45.0 Å². The molecule has 8 aromatic rings. The summed E-state index contributed by atoms with van der Waals surface area (Å²) in [6.07, 6.45) is 3.83. The van der Waals surface area contributed by atoms with Gasteiger partial charge in [0.2, 0.25) is 0 Å². The molecule has 0 bridgehead atoms. The van der Waals surface area contributed by atoms with Gasteiger partial charge >= 0.3 is 0 Å². The van der Waals surface area contributed by atoms with Crippen LogP contribution in [0.2, 0.25) is 0 Å². The zero-order chi connectivity index (χ0) is 41.3. The molecule has 0 amide bonds. The number of rotatable bonds is 6. The van der Waals surface area contributed by atoms with Gasteiger partial charge in [-0.05, 0) is 147 Å². The normalized spacial score (nSPS) is 13.3. The van der Waals surface area contributed by atoms with Crippen molar-refractivity contribution >= 4 is 10.8 Å². The number of aryl methyl sites for hydroxylation is 3. The Hall–Kier alpha value is -6.32. The third kappa shape index (κ3) is 6.63. The molecule has 2 heterocycles. The number of benzene rings is 6. The molecular formula is C56H52N2O.